The minimum Gasteiger partial charge on any atom is -0.369 e. The third-order valence-corrected chi connectivity index (χ3v) is 5.45. The van der Waals surface area contributed by atoms with E-state index in [-0.39, 0.29) is 11.5 Å². The van der Waals surface area contributed by atoms with Crippen molar-refractivity contribution in [3.63, 3.8) is 0 Å². The number of nitrogens with two attached hydrogens (primary N) is 1. The quantitative estimate of drug-likeness (QED) is 0.458. The predicted octanol–water partition coefficient (Wildman–Crippen LogP) is 3.65. The van der Waals surface area contributed by atoms with Gasteiger partial charge in [0.05, 0.1) is 12.9 Å². The van der Waals surface area contributed by atoms with Crippen molar-refractivity contribution in [2.75, 3.05) is 5.73 Å². The molecule has 0 radical (unpaired) electrons. The zero-order valence-corrected chi connectivity index (χ0v) is 14.8. The van der Waals surface area contributed by atoms with Gasteiger partial charge in [-0.25, -0.2) is 4.98 Å². The van der Waals surface area contributed by atoms with Crippen LogP contribution in [0.5, 0.6) is 0 Å². The average molecular weight is 365 g/mol. The number of nitrogens with zero attached hydrogens (tertiary/aromatic N) is 3. The molecule has 28 heavy (non-hydrogen) atoms. The first-order chi connectivity index (χ1) is 13.7. The Labute approximate surface area is 158 Å². The minimum absolute atomic E-state index is 0.0923. The molecule has 0 bridgehead atoms. The Morgan fingerprint density at radius 2 is 1.64 bits per heavy atom. The van der Waals surface area contributed by atoms with Gasteiger partial charge in [0.1, 0.15) is 0 Å². The van der Waals surface area contributed by atoms with Crippen LogP contribution < -0.4 is 11.3 Å². The van der Waals surface area contributed by atoms with Crippen LogP contribution in [0.3, 0.4) is 0 Å². The summed E-state index contributed by atoms with van der Waals surface area (Å²) in [6.45, 7) is 0.556. The lowest BCUT2D eigenvalue weighted by molar-refractivity contribution is 0.819. The number of H-pyrrole nitrogens is 1. The number of hydrogen-bond donors (Lipinski definition) is 2. The molecule has 0 saturated heterocycles. The Morgan fingerprint density at radius 3 is 2.46 bits per heavy atom. The van der Waals surface area contributed by atoms with Crippen LogP contribution in [0.25, 0.3) is 43.5 Å². The van der Waals surface area contributed by atoms with Crippen LogP contribution in [0, 0.1) is 0 Å². The molecule has 2 aromatic heterocycles. The number of fused-ring (bicyclic) bond motifs is 1. The van der Waals surface area contributed by atoms with Crippen LogP contribution in [0.1, 0.15) is 5.56 Å². The molecule has 0 saturated carbocycles. The molecule has 6 aromatic rings. The number of nitrogens with one attached hydrogen (secondary N) is 1. The SMILES string of the molecule is Nc1nc2c(ncn2Cc2ccc3ccc4cccc5ccc2c3c45)c(=O)[nH]1. The number of rotatable bonds is 2. The van der Waals surface area contributed by atoms with Crippen LogP contribution in [-0.2, 0) is 6.54 Å². The van der Waals surface area contributed by atoms with E-state index in [1.54, 1.807) is 6.33 Å². The van der Waals surface area contributed by atoms with E-state index in [2.05, 4.69) is 69.5 Å². The second-order valence-electron chi connectivity index (χ2n) is 7.08. The van der Waals surface area contributed by atoms with Crippen molar-refractivity contribution in [1.82, 2.24) is 19.5 Å². The largest absolute Gasteiger partial charge is 0.369 e. The predicted molar refractivity (Wildman–Crippen MR) is 112 cm³/mol. The molecule has 134 valence electrons. The molecule has 6 nitrogen and oxygen atoms in total. The summed E-state index contributed by atoms with van der Waals surface area (Å²) in [5, 5.41) is 7.44. The molecule has 0 unspecified atom stereocenters. The monoisotopic (exact) mass is 365 g/mol. The highest BCUT2D eigenvalue weighted by atomic mass is 16.1. The number of nitrogen functional groups attached to an aromatic ring is 1. The number of hydrogen-bond acceptors (Lipinski definition) is 4. The summed E-state index contributed by atoms with van der Waals surface area (Å²) < 4.78 is 1.87. The van der Waals surface area contributed by atoms with Gasteiger partial charge < -0.3 is 10.3 Å². The molecule has 0 fully saturated rings. The van der Waals surface area contributed by atoms with Gasteiger partial charge in [0, 0.05) is 0 Å². The lowest BCUT2D eigenvalue weighted by Gasteiger charge is -2.14. The third kappa shape index (κ3) is 2.00. The summed E-state index contributed by atoms with van der Waals surface area (Å²) in [6.07, 6.45) is 1.64. The average Bonchev–Trinajstić information content (AvgIpc) is 3.10. The van der Waals surface area contributed by atoms with E-state index in [4.69, 9.17) is 5.73 Å². The fourth-order valence-electron chi connectivity index (χ4n) is 4.20. The van der Waals surface area contributed by atoms with Crippen molar-refractivity contribution in [1.29, 1.82) is 0 Å². The third-order valence-electron chi connectivity index (χ3n) is 5.45. The topological polar surface area (TPSA) is 89.6 Å². The normalized spacial score (nSPS) is 12.0. The Bertz CT molecular complexity index is 1560. The smallest absolute Gasteiger partial charge is 0.280 e. The second-order valence-corrected chi connectivity index (χ2v) is 7.08. The summed E-state index contributed by atoms with van der Waals surface area (Å²) >= 11 is 0. The Hall–Kier alpha value is -3.93. The van der Waals surface area contributed by atoms with E-state index in [0.717, 1.165) is 5.56 Å². The summed E-state index contributed by atoms with van der Waals surface area (Å²) in [6, 6.07) is 19.4. The summed E-state index contributed by atoms with van der Waals surface area (Å²) in [5.74, 6) is 0.0923. The fourth-order valence-corrected chi connectivity index (χ4v) is 4.20. The number of benzene rings is 4. The Morgan fingerprint density at radius 1 is 0.929 bits per heavy atom. The molecule has 6 rings (SSSR count). The fraction of sp³-hybridized carbons (Fsp3) is 0.0455. The molecule has 0 aliphatic heterocycles. The number of imidazole rings is 1. The lowest BCUT2D eigenvalue weighted by Crippen LogP contribution is -2.12. The van der Waals surface area contributed by atoms with Gasteiger partial charge in [-0.1, -0.05) is 54.6 Å². The summed E-state index contributed by atoms with van der Waals surface area (Å²) in [5.41, 5.74) is 7.34. The van der Waals surface area contributed by atoms with Crippen LogP contribution >= 0.6 is 0 Å². The summed E-state index contributed by atoms with van der Waals surface area (Å²) in [4.78, 5) is 23.0. The molecule has 0 atom stereocenters. The molecule has 0 aliphatic rings. The van der Waals surface area contributed by atoms with Gasteiger partial charge >= 0.3 is 0 Å². The highest BCUT2D eigenvalue weighted by Gasteiger charge is 2.13. The molecule has 0 aliphatic carbocycles. The van der Waals surface area contributed by atoms with Gasteiger partial charge in [-0.3, -0.25) is 9.78 Å². The zero-order chi connectivity index (χ0) is 18.8. The first-order valence-corrected chi connectivity index (χ1v) is 9.05. The number of aromatic amines is 1. The van der Waals surface area contributed by atoms with E-state index >= 15 is 0 Å². The maximum Gasteiger partial charge on any atom is 0.280 e. The number of anilines is 1. The van der Waals surface area contributed by atoms with Crippen LogP contribution in [-0.4, -0.2) is 19.5 Å². The highest BCUT2D eigenvalue weighted by molar-refractivity contribution is 6.23. The maximum absolute atomic E-state index is 12.1. The van der Waals surface area contributed by atoms with Crippen molar-refractivity contribution in [3.8, 4) is 0 Å². The maximum atomic E-state index is 12.1. The highest BCUT2D eigenvalue weighted by Crippen LogP contribution is 2.36. The van der Waals surface area contributed by atoms with Gasteiger partial charge in [-0.2, -0.15) is 4.98 Å². The molecule has 0 spiro atoms. The van der Waals surface area contributed by atoms with Gasteiger partial charge in [-0.05, 0) is 37.9 Å². The van der Waals surface area contributed by atoms with Crippen molar-refractivity contribution in [2.24, 2.45) is 0 Å². The standard InChI is InChI=1S/C22H15N5O/c23-22-25-20-19(21(28)26-22)24-11-27(20)10-15-7-6-14-5-4-12-2-1-3-13-8-9-16(15)18(14)17(12)13/h1-9,11H,10H2,(H3,23,25,26,28). The van der Waals surface area contributed by atoms with E-state index in [1.807, 2.05) is 4.57 Å². The first-order valence-electron chi connectivity index (χ1n) is 9.05. The van der Waals surface area contributed by atoms with Gasteiger partial charge in [-0.15, -0.1) is 0 Å². The Balaban J connectivity index is 1.62. The Kier molecular flexibility index (Phi) is 2.87. The van der Waals surface area contributed by atoms with Crippen LogP contribution in [0.4, 0.5) is 5.95 Å². The molecular formula is C22H15N5O. The van der Waals surface area contributed by atoms with Crippen LogP contribution in [0.2, 0.25) is 0 Å². The van der Waals surface area contributed by atoms with Crippen molar-refractivity contribution in [2.45, 2.75) is 6.54 Å². The molecule has 4 aromatic carbocycles. The zero-order valence-electron chi connectivity index (χ0n) is 14.8. The molecular weight excluding hydrogens is 350 g/mol. The van der Waals surface area contributed by atoms with Crippen LogP contribution in [0.15, 0.2) is 65.7 Å². The number of aromatic nitrogens is 4. The molecule has 0 amide bonds. The van der Waals surface area contributed by atoms with E-state index in [0.29, 0.717) is 17.7 Å². The van der Waals surface area contributed by atoms with E-state index in [1.165, 1.54) is 32.3 Å². The van der Waals surface area contributed by atoms with Crippen molar-refractivity contribution in [3.05, 3.63) is 76.8 Å². The first kappa shape index (κ1) is 15.2. The molecule has 6 heteroatoms. The van der Waals surface area contributed by atoms with E-state index < -0.39 is 0 Å². The lowest BCUT2D eigenvalue weighted by atomic mass is 9.92. The van der Waals surface area contributed by atoms with Crippen molar-refractivity contribution < 1.29 is 0 Å². The molecule has 3 N–H and O–H groups in total. The van der Waals surface area contributed by atoms with Gasteiger partial charge in [0.25, 0.3) is 5.56 Å². The van der Waals surface area contributed by atoms with E-state index in [9.17, 15) is 4.79 Å². The van der Waals surface area contributed by atoms with Crippen molar-refractivity contribution >= 4 is 49.4 Å². The molecule has 2 heterocycles. The van der Waals surface area contributed by atoms with Gasteiger partial charge in [0.15, 0.2) is 11.2 Å². The van der Waals surface area contributed by atoms with Gasteiger partial charge in [0.2, 0.25) is 5.95 Å². The second kappa shape index (κ2) is 5.29. The summed E-state index contributed by atoms with van der Waals surface area (Å²) in [7, 11) is 0. The minimum atomic E-state index is -0.323.